The van der Waals surface area contributed by atoms with Crippen LogP contribution in [0.5, 0.6) is 0 Å². The van der Waals surface area contributed by atoms with Crippen LogP contribution >= 0.6 is 11.6 Å². The highest BCUT2D eigenvalue weighted by Gasteiger charge is 2.02. The van der Waals surface area contributed by atoms with Crippen LogP contribution in [0.3, 0.4) is 0 Å². The molecular formula is C16H13ClN4. The molecule has 0 aliphatic heterocycles. The van der Waals surface area contributed by atoms with Crippen LogP contribution in [0.1, 0.15) is 12.5 Å². The van der Waals surface area contributed by atoms with Crippen molar-refractivity contribution in [1.82, 2.24) is 9.97 Å². The fraction of sp³-hybridized carbons (Fsp3) is 0.0625. The van der Waals surface area contributed by atoms with Crippen LogP contribution in [0.2, 0.25) is 5.02 Å². The van der Waals surface area contributed by atoms with Crippen molar-refractivity contribution >= 4 is 33.9 Å². The molecule has 3 aromatic rings. The van der Waals surface area contributed by atoms with Crippen LogP contribution in [-0.2, 0) is 0 Å². The third-order valence-electron chi connectivity index (χ3n) is 3.15. The number of anilines is 1. The zero-order valence-electron chi connectivity index (χ0n) is 11.4. The van der Waals surface area contributed by atoms with E-state index in [0.717, 1.165) is 27.9 Å². The second-order valence-electron chi connectivity index (χ2n) is 4.56. The Morgan fingerprint density at radius 3 is 2.71 bits per heavy atom. The summed E-state index contributed by atoms with van der Waals surface area (Å²) in [6.07, 6.45) is 5.23. The highest BCUT2D eigenvalue weighted by atomic mass is 35.5. The second-order valence-corrected chi connectivity index (χ2v) is 5.00. The van der Waals surface area contributed by atoms with E-state index in [-0.39, 0.29) is 0 Å². The highest BCUT2D eigenvalue weighted by molar-refractivity contribution is 6.31. The first-order valence-electron chi connectivity index (χ1n) is 6.49. The van der Waals surface area contributed by atoms with Crippen molar-refractivity contribution in [3.63, 3.8) is 0 Å². The van der Waals surface area contributed by atoms with Crippen molar-refractivity contribution in [2.75, 3.05) is 5.43 Å². The molecule has 1 N–H and O–H groups in total. The van der Waals surface area contributed by atoms with Gasteiger partial charge in [0, 0.05) is 34.6 Å². The zero-order chi connectivity index (χ0) is 14.7. The molecule has 4 nitrogen and oxygen atoms in total. The third-order valence-corrected chi connectivity index (χ3v) is 3.38. The van der Waals surface area contributed by atoms with E-state index in [2.05, 4.69) is 20.5 Å². The zero-order valence-corrected chi connectivity index (χ0v) is 12.2. The van der Waals surface area contributed by atoms with Gasteiger partial charge in [-0.2, -0.15) is 5.10 Å². The summed E-state index contributed by atoms with van der Waals surface area (Å²) in [7, 11) is 0. The van der Waals surface area contributed by atoms with Crippen molar-refractivity contribution in [1.29, 1.82) is 0 Å². The van der Waals surface area contributed by atoms with Crippen molar-refractivity contribution in [2.24, 2.45) is 5.10 Å². The van der Waals surface area contributed by atoms with Crippen LogP contribution in [0.4, 0.5) is 5.69 Å². The van der Waals surface area contributed by atoms with Crippen LogP contribution in [0.15, 0.2) is 60.1 Å². The standard InChI is InChI=1S/C16H13ClN4/c1-11(12-4-7-18-8-5-12)20-21-15-6-9-19-16-10-13(17)2-3-14(15)16/h2-10H,1H3,(H,19,21)/b20-11-. The van der Waals surface area contributed by atoms with Crippen LogP contribution < -0.4 is 5.43 Å². The van der Waals surface area contributed by atoms with Crippen LogP contribution in [0, 0.1) is 0 Å². The Labute approximate surface area is 127 Å². The second kappa shape index (κ2) is 5.89. The molecule has 2 aromatic heterocycles. The third kappa shape index (κ3) is 3.01. The highest BCUT2D eigenvalue weighted by Crippen LogP contribution is 2.24. The maximum Gasteiger partial charge on any atom is 0.0738 e. The van der Waals surface area contributed by atoms with Gasteiger partial charge >= 0.3 is 0 Å². The molecule has 0 bridgehead atoms. The number of rotatable bonds is 3. The lowest BCUT2D eigenvalue weighted by molar-refractivity contribution is 1.29. The van der Waals surface area contributed by atoms with Gasteiger partial charge in [-0.1, -0.05) is 11.6 Å². The molecule has 104 valence electrons. The molecule has 0 saturated heterocycles. The maximum atomic E-state index is 5.98. The van der Waals surface area contributed by atoms with Crippen molar-refractivity contribution in [2.45, 2.75) is 6.92 Å². The Bertz CT molecular complexity index is 800. The predicted molar refractivity (Wildman–Crippen MR) is 86.8 cm³/mol. The van der Waals surface area contributed by atoms with E-state index < -0.39 is 0 Å². The number of hydrogen-bond donors (Lipinski definition) is 1. The van der Waals surface area contributed by atoms with Gasteiger partial charge in [0.05, 0.1) is 16.9 Å². The average Bonchev–Trinajstić information content (AvgIpc) is 2.53. The monoisotopic (exact) mass is 296 g/mol. The molecule has 1 aromatic carbocycles. The molecular weight excluding hydrogens is 284 g/mol. The summed E-state index contributed by atoms with van der Waals surface area (Å²) in [5.74, 6) is 0. The molecule has 0 saturated carbocycles. The minimum absolute atomic E-state index is 0.670. The van der Waals surface area contributed by atoms with Gasteiger partial charge in [-0.05, 0) is 43.3 Å². The van der Waals surface area contributed by atoms with Gasteiger partial charge in [-0.25, -0.2) is 0 Å². The number of halogens is 1. The van der Waals surface area contributed by atoms with Gasteiger partial charge < -0.3 is 0 Å². The molecule has 0 fully saturated rings. The van der Waals surface area contributed by atoms with Gasteiger partial charge in [0.15, 0.2) is 0 Å². The molecule has 3 rings (SSSR count). The van der Waals surface area contributed by atoms with E-state index in [4.69, 9.17) is 11.6 Å². The first-order valence-corrected chi connectivity index (χ1v) is 6.87. The molecule has 0 spiro atoms. The van der Waals surface area contributed by atoms with E-state index in [9.17, 15) is 0 Å². The molecule has 21 heavy (non-hydrogen) atoms. The fourth-order valence-electron chi connectivity index (χ4n) is 2.02. The number of hydrogen-bond acceptors (Lipinski definition) is 4. The largest absolute Gasteiger partial charge is 0.277 e. The fourth-order valence-corrected chi connectivity index (χ4v) is 2.19. The topological polar surface area (TPSA) is 50.2 Å². The van der Waals surface area contributed by atoms with Gasteiger partial charge in [-0.3, -0.25) is 15.4 Å². The van der Waals surface area contributed by atoms with Gasteiger partial charge in [0.1, 0.15) is 0 Å². The minimum Gasteiger partial charge on any atom is -0.277 e. The summed E-state index contributed by atoms with van der Waals surface area (Å²) in [5, 5.41) is 6.07. The van der Waals surface area contributed by atoms with E-state index >= 15 is 0 Å². The van der Waals surface area contributed by atoms with E-state index in [0.29, 0.717) is 5.02 Å². The average molecular weight is 297 g/mol. The van der Waals surface area contributed by atoms with Crippen molar-refractivity contribution in [3.8, 4) is 0 Å². The maximum absolute atomic E-state index is 5.98. The minimum atomic E-state index is 0.670. The molecule has 0 radical (unpaired) electrons. The molecule has 0 amide bonds. The lowest BCUT2D eigenvalue weighted by atomic mass is 10.2. The Hall–Kier alpha value is -2.46. The summed E-state index contributed by atoms with van der Waals surface area (Å²) in [5.41, 5.74) is 6.73. The molecule has 0 aliphatic rings. The number of fused-ring (bicyclic) bond motifs is 1. The smallest absolute Gasteiger partial charge is 0.0738 e. The molecule has 0 unspecified atom stereocenters. The molecule has 5 heteroatoms. The van der Waals surface area contributed by atoms with Gasteiger partial charge in [0.2, 0.25) is 0 Å². The van der Waals surface area contributed by atoms with Crippen molar-refractivity contribution < 1.29 is 0 Å². The lowest BCUT2D eigenvalue weighted by Gasteiger charge is -2.07. The lowest BCUT2D eigenvalue weighted by Crippen LogP contribution is -2.00. The summed E-state index contributed by atoms with van der Waals surface area (Å²) in [4.78, 5) is 8.31. The number of nitrogens with one attached hydrogen (secondary N) is 1. The number of nitrogens with zero attached hydrogens (tertiary/aromatic N) is 3. The predicted octanol–water partition coefficient (Wildman–Crippen LogP) is 4.12. The molecule has 0 aliphatic carbocycles. The summed E-state index contributed by atoms with van der Waals surface area (Å²) >= 11 is 5.98. The molecule has 2 heterocycles. The van der Waals surface area contributed by atoms with Crippen molar-refractivity contribution in [3.05, 3.63) is 65.6 Å². The number of pyridine rings is 2. The quantitative estimate of drug-likeness (QED) is 0.584. The van der Waals surface area contributed by atoms with E-state index in [1.165, 1.54) is 0 Å². The van der Waals surface area contributed by atoms with E-state index in [1.54, 1.807) is 18.6 Å². The van der Waals surface area contributed by atoms with E-state index in [1.807, 2.05) is 43.3 Å². The summed E-state index contributed by atoms with van der Waals surface area (Å²) in [6, 6.07) is 11.3. The molecule has 0 atom stereocenters. The number of aromatic nitrogens is 2. The first-order chi connectivity index (χ1) is 10.2. The normalized spacial score (nSPS) is 11.6. The SMILES string of the molecule is C/C(=N/Nc1ccnc2cc(Cl)ccc12)c1ccncc1. The van der Waals surface area contributed by atoms with Crippen LogP contribution in [0.25, 0.3) is 10.9 Å². The van der Waals surface area contributed by atoms with Gasteiger partial charge in [-0.15, -0.1) is 0 Å². The Morgan fingerprint density at radius 2 is 1.90 bits per heavy atom. The Morgan fingerprint density at radius 1 is 1.10 bits per heavy atom. The van der Waals surface area contributed by atoms with Gasteiger partial charge in [0.25, 0.3) is 0 Å². The van der Waals surface area contributed by atoms with Crippen LogP contribution in [-0.4, -0.2) is 15.7 Å². The number of hydrazone groups is 1. The Balaban J connectivity index is 1.92. The first kappa shape index (κ1) is 13.5. The summed E-state index contributed by atoms with van der Waals surface area (Å²) < 4.78 is 0. The number of benzene rings is 1. The Kier molecular flexibility index (Phi) is 3.79. The summed E-state index contributed by atoms with van der Waals surface area (Å²) in [6.45, 7) is 1.95.